The first kappa shape index (κ1) is 15.5. The Morgan fingerprint density at radius 1 is 0.913 bits per heavy atom. The molecule has 0 heterocycles. The molecule has 3 nitrogen and oxygen atoms in total. The zero-order chi connectivity index (χ0) is 16.2. The molecule has 0 aliphatic heterocycles. The van der Waals surface area contributed by atoms with Crippen molar-refractivity contribution in [2.45, 2.75) is 25.7 Å². The number of anilines is 1. The van der Waals surface area contributed by atoms with Crippen LogP contribution in [-0.4, -0.2) is 12.1 Å². The second-order valence-corrected chi connectivity index (χ2v) is 6.25. The number of benzene rings is 2. The first-order valence-electron chi connectivity index (χ1n) is 8.14. The van der Waals surface area contributed by atoms with Gasteiger partial charge in [0.15, 0.2) is 5.78 Å². The van der Waals surface area contributed by atoms with E-state index in [1.165, 1.54) is 0 Å². The molecule has 0 unspecified atom stereocenters. The number of nitrogens with two attached hydrogens (primary N) is 1. The lowest BCUT2D eigenvalue weighted by atomic mass is 9.76. The van der Waals surface area contributed by atoms with E-state index in [0.29, 0.717) is 5.56 Å². The first-order chi connectivity index (χ1) is 11.2. The van der Waals surface area contributed by atoms with Crippen LogP contribution in [0.1, 0.15) is 36.0 Å². The van der Waals surface area contributed by atoms with Gasteiger partial charge in [-0.05, 0) is 36.1 Å². The van der Waals surface area contributed by atoms with Gasteiger partial charge in [-0.15, -0.1) is 0 Å². The Morgan fingerprint density at radius 2 is 1.48 bits per heavy atom. The van der Waals surface area contributed by atoms with Crippen LogP contribution >= 0.6 is 0 Å². The summed E-state index contributed by atoms with van der Waals surface area (Å²) in [6.45, 7) is 0. The van der Waals surface area contributed by atoms with Crippen LogP contribution in [-0.2, 0) is 4.79 Å². The molecule has 118 valence electrons. The van der Waals surface area contributed by atoms with Crippen molar-refractivity contribution >= 4 is 17.8 Å². The summed E-state index contributed by atoms with van der Waals surface area (Å²) in [6.07, 6.45) is 4.70. The number of nitrogen functional groups attached to an aromatic ring is 1. The first-order valence-corrected chi connectivity index (χ1v) is 8.14. The van der Waals surface area contributed by atoms with Crippen LogP contribution in [0.2, 0.25) is 0 Å². The minimum Gasteiger partial charge on any atom is -0.399 e. The summed E-state index contributed by atoms with van der Waals surface area (Å²) in [6, 6.07) is 15.3. The van der Waals surface area contributed by atoms with E-state index in [9.17, 15) is 9.59 Å². The molecule has 2 N–H and O–H groups in total. The van der Waals surface area contributed by atoms with Crippen LogP contribution in [0, 0.1) is 11.8 Å². The Balaban J connectivity index is 1.79. The van der Waals surface area contributed by atoms with E-state index in [4.69, 9.17) is 5.73 Å². The Kier molecular flexibility index (Phi) is 4.56. The topological polar surface area (TPSA) is 60.2 Å². The van der Waals surface area contributed by atoms with Crippen LogP contribution < -0.4 is 5.73 Å². The van der Waals surface area contributed by atoms with E-state index in [1.54, 1.807) is 0 Å². The molecule has 1 aliphatic rings. The van der Waals surface area contributed by atoms with Gasteiger partial charge in [0.2, 0.25) is 0 Å². The molecule has 1 saturated carbocycles. The predicted molar refractivity (Wildman–Crippen MR) is 92.1 cm³/mol. The van der Waals surface area contributed by atoms with Crippen molar-refractivity contribution < 1.29 is 9.59 Å². The van der Waals surface area contributed by atoms with Crippen molar-refractivity contribution in [1.82, 2.24) is 0 Å². The van der Waals surface area contributed by atoms with Gasteiger partial charge in [-0.3, -0.25) is 4.79 Å². The van der Waals surface area contributed by atoms with Gasteiger partial charge in [-0.1, -0.05) is 49.2 Å². The van der Waals surface area contributed by atoms with Crippen molar-refractivity contribution in [3.05, 3.63) is 54.1 Å². The third-order valence-electron chi connectivity index (χ3n) is 4.74. The highest BCUT2D eigenvalue weighted by Gasteiger charge is 2.31. The van der Waals surface area contributed by atoms with E-state index >= 15 is 0 Å². The monoisotopic (exact) mass is 307 g/mol. The highest BCUT2D eigenvalue weighted by Crippen LogP contribution is 2.32. The molecule has 1 aliphatic carbocycles. The fourth-order valence-corrected chi connectivity index (χ4v) is 3.36. The second-order valence-electron chi connectivity index (χ2n) is 6.25. The average molecular weight is 307 g/mol. The van der Waals surface area contributed by atoms with Crippen LogP contribution in [0.3, 0.4) is 0 Å². The van der Waals surface area contributed by atoms with Gasteiger partial charge in [0.1, 0.15) is 6.29 Å². The molecule has 2 aromatic rings. The van der Waals surface area contributed by atoms with Crippen molar-refractivity contribution in [1.29, 1.82) is 0 Å². The second kappa shape index (κ2) is 6.78. The lowest BCUT2D eigenvalue weighted by Gasteiger charge is -2.26. The minimum absolute atomic E-state index is 0.102. The number of ketones is 1. The number of carbonyl (C=O) groups excluding carboxylic acids is 2. The predicted octanol–water partition coefficient (Wildman–Crippen LogP) is 4.12. The molecule has 2 aromatic carbocycles. The van der Waals surface area contributed by atoms with E-state index in [1.807, 2.05) is 48.5 Å². The summed E-state index contributed by atoms with van der Waals surface area (Å²) in [4.78, 5) is 23.9. The number of hydrogen-bond acceptors (Lipinski definition) is 3. The maximum atomic E-state index is 12.7. The Labute approximate surface area is 136 Å². The van der Waals surface area contributed by atoms with Crippen LogP contribution in [0.4, 0.5) is 5.69 Å². The normalized spacial score (nSPS) is 20.9. The number of carbonyl (C=O) groups is 2. The Hall–Kier alpha value is -2.42. The summed E-state index contributed by atoms with van der Waals surface area (Å²) >= 11 is 0. The fraction of sp³-hybridized carbons (Fsp3) is 0.300. The SMILES string of the molecule is Nc1ccc(-c2ccc(C(=O)[C@@H]3CCCC[C@@H]3C=O)cc2)cc1. The number of hydrogen-bond donors (Lipinski definition) is 1. The maximum absolute atomic E-state index is 12.7. The molecule has 0 bridgehead atoms. The summed E-state index contributed by atoms with van der Waals surface area (Å²) in [5.41, 5.74) is 9.26. The van der Waals surface area contributed by atoms with E-state index in [-0.39, 0.29) is 17.6 Å². The number of aldehydes is 1. The smallest absolute Gasteiger partial charge is 0.166 e. The van der Waals surface area contributed by atoms with Crippen molar-refractivity contribution in [2.24, 2.45) is 11.8 Å². The van der Waals surface area contributed by atoms with Crippen LogP contribution in [0.15, 0.2) is 48.5 Å². The quantitative estimate of drug-likeness (QED) is 0.525. The molecule has 3 rings (SSSR count). The molecule has 0 saturated heterocycles. The van der Waals surface area contributed by atoms with Gasteiger partial charge in [0.05, 0.1) is 0 Å². The van der Waals surface area contributed by atoms with Gasteiger partial charge >= 0.3 is 0 Å². The average Bonchev–Trinajstić information content (AvgIpc) is 2.62. The molecular weight excluding hydrogens is 286 g/mol. The molecule has 2 atom stereocenters. The fourth-order valence-electron chi connectivity index (χ4n) is 3.36. The van der Waals surface area contributed by atoms with Crippen molar-refractivity contribution in [3.8, 4) is 11.1 Å². The Morgan fingerprint density at radius 3 is 2.09 bits per heavy atom. The van der Waals surface area contributed by atoms with Gasteiger partial charge < -0.3 is 10.5 Å². The summed E-state index contributed by atoms with van der Waals surface area (Å²) in [7, 11) is 0. The van der Waals surface area contributed by atoms with Crippen molar-refractivity contribution in [2.75, 3.05) is 5.73 Å². The third kappa shape index (κ3) is 3.34. The highest BCUT2D eigenvalue weighted by molar-refractivity contribution is 5.99. The lowest BCUT2D eigenvalue weighted by molar-refractivity contribution is -0.112. The van der Waals surface area contributed by atoms with Gasteiger partial charge in [0, 0.05) is 23.1 Å². The summed E-state index contributed by atoms with van der Waals surface area (Å²) in [5, 5.41) is 0. The van der Waals surface area contributed by atoms with Crippen LogP contribution in [0.5, 0.6) is 0 Å². The molecule has 1 fully saturated rings. The molecule has 0 aromatic heterocycles. The van der Waals surface area contributed by atoms with Gasteiger partial charge in [0.25, 0.3) is 0 Å². The van der Waals surface area contributed by atoms with E-state index in [0.717, 1.165) is 48.8 Å². The molecule has 23 heavy (non-hydrogen) atoms. The highest BCUT2D eigenvalue weighted by atomic mass is 16.1. The van der Waals surface area contributed by atoms with Gasteiger partial charge in [-0.2, -0.15) is 0 Å². The largest absolute Gasteiger partial charge is 0.399 e. The number of rotatable bonds is 4. The Bertz CT molecular complexity index is 689. The maximum Gasteiger partial charge on any atom is 0.166 e. The minimum atomic E-state index is -0.149. The number of Topliss-reactive ketones (excluding diaryl/α,β-unsaturated/α-hetero) is 1. The van der Waals surface area contributed by atoms with E-state index in [2.05, 4.69) is 0 Å². The summed E-state index contributed by atoms with van der Waals surface area (Å²) < 4.78 is 0. The third-order valence-corrected chi connectivity index (χ3v) is 4.74. The van der Waals surface area contributed by atoms with Gasteiger partial charge in [-0.25, -0.2) is 0 Å². The zero-order valence-electron chi connectivity index (χ0n) is 13.1. The molecule has 0 amide bonds. The molecule has 3 heteroatoms. The van der Waals surface area contributed by atoms with Crippen LogP contribution in [0.25, 0.3) is 11.1 Å². The lowest BCUT2D eigenvalue weighted by Crippen LogP contribution is -2.28. The zero-order valence-corrected chi connectivity index (χ0v) is 13.1. The van der Waals surface area contributed by atoms with E-state index < -0.39 is 0 Å². The summed E-state index contributed by atoms with van der Waals surface area (Å²) in [5.74, 6) is -0.165. The standard InChI is InChI=1S/C20H21NO2/c21-18-11-9-15(10-12-18)14-5-7-16(8-6-14)20(23)19-4-2-1-3-17(19)13-22/h5-13,17,19H,1-4,21H2/t17-,19-/m1/s1. The molecule has 0 spiro atoms. The molecule has 0 radical (unpaired) electrons. The van der Waals surface area contributed by atoms with Crippen molar-refractivity contribution in [3.63, 3.8) is 0 Å². The molecular formula is C20H21NO2.